The number of nitrogens with zero attached hydrogens (tertiary/aromatic N) is 2. The van der Waals surface area contributed by atoms with E-state index in [0.717, 1.165) is 52.4 Å². The first-order chi connectivity index (χ1) is 15.9. The van der Waals surface area contributed by atoms with Gasteiger partial charge in [0.2, 0.25) is 5.91 Å². The van der Waals surface area contributed by atoms with Gasteiger partial charge in [-0.3, -0.25) is 4.79 Å². The molecule has 0 unspecified atom stereocenters. The third-order valence-electron chi connectivity index (χ3n) is 5.44. The number of aryl methyl sites for hydroxylation is 2. The van der Waals surface area contributed by atoms with Gasteiger partial charge in [-0.1, -0.05) is 33.3 Å². The third-order valence-corrected chi connectivity index (χ3v) is 5.44. The van der Waals surface area contributed by atoms with Crippen molar-refractivity contribution >= 4 is 23.1 Å². The second-order valence-electron chi connectivity index (χ2n) is 7.97. The SMILES string of the molecule is CC.CCC/C=C(/C=C(/OCC)c1cc(NC(=O)C2COC2)cc(C)c1C)n1cnc(C)c1. The van der Waals surface area contributed by atoms with Gasteiger partial charge in [-0.15, -0.1) is 0 Å². The molecule has 0 bridgehead atoms. The monoisotopic (exact) mass is 453 g/mol. The number of ether oxygens (including phenoxy) is 2. The minimum atomic E-state index is -0.0694. The molecule has 0 saturated carbocycles. The van der Waals surface area contributed by atoms with Crippen molar-refractivity contribution in [2.75, 3.05) is 25.1 Å². The van der Waals surface area contributed by atoms with E-state index >= 15 is 0 Å². The summed E-state index contributed by atoms with van der Waals surface area (Å²) in [4.78, 5) is 16.8. The van der Waals surface area contributed by atoms with E-state index < -0.39 is 0 Å². The van der Waals surface area contributed by atoms with Crippen LogP contribution in [0.4, 0.5) is 5.69 Å². The molecule has 1 N–H and O–H groups in total. The molecule has 1 aliphatic heterocycles. The Morgan fingerprint density at radius 1 is 1.24 bits per heavy atom. The lowest BCUT2D eigenvalue weighted by Crippen LogP contribution is -2.38. The quantitative estimate of drug-likeness (QED) is 0.366. The summed E-state index contributed by atoms with van der Waals surface area (Å²) < 4.78 is 13.3. The zero-order valence-corrected chi connectivity index (χ0v) is 21.2. The zero-order chi connectivity index (χ0) is 24.4. The first-order valence-corrected chi connectivity index (χ1v) is 12.0. The van der Waals surface area contributed by atoms with Crippen molar-refractivity contribution in [1.29, 1.82) is 0 Å². The molecule has 0 atom stereocenters. The Balaban J connectivity index is 0.00000187. The number of aromatic nitrogens is 2. The number of imidazole rings is 1. The molecule has 180 valence electrons. The summed E-state index contributed by atoms with van der Waals surface area (Å²) in [5.41, 5.74) is 5.95. The highest BCUT2D eigenvalue weighted by Gasteiger charge is 2.26. The summed E-state index contributed by atoms with van der Waals surface area (Å²) in [6.07, 6.45) is 10.1. The fourth-order valence-corrected chi connectivity index (χ4v) is 3.40. The van der Waals surface area contributed by atoms with Crippen LogP contribution in [-0.2, 0) is 14.3 Å². The second kappa shape index (κ2) is 13.0. The van der Waals surface area contributed by atoms with Crippen molar-refractivity contribution in [2.24, 2.45) is 5.92 Å². The van der Waals surface area contributed by atoms with Crippen molar-refractivity contribution in [3.8, 4) is 0 Å². The van der Waals surface area contributed by atoms with Gasteiger partial charge in [0.1, 0.15) is 5.76 Å². The summed E-state index contributed by atoms with van der Waals surface area (Å²) in [7, 11) is 0. The number of hydrogen-bond donors (Lipinski definition) is 1. The molecule has 1 fully saturated rings. The lowest BCUT2D eigenvalue weighted by atomic mass is 9.99. The van der Waals surface area contributed by atoms with Crippen LogP contribution in [0.5, 0.6) is 0 Å². The molecule has 6 heteroatoms. The molecule has 0 radical (unpaired) electrons. The van der Waals surface area contributed by atoms with Crippen LogP contribution < -0.4 is 5.32 Å². The van der Waals surface area contributed by atoms with Crippen LogP contribution in [0.1, 0.15) is 62.9 Å². The van der Waals surface area contributed by atoms with E-state index in [0.29, 0.717) is 19.8 Å². The number of hydrogen-bond acceptors (Lipinski definition) is 4. The number of benzene rings is 1. The van der Waals surface area contributed by atoms with E-state index in [4.69, 9.17) is 9.47 Å². The predicted octanol–water partition coefficient (Wildman–Crippen LogP) is 6.14. The maximum Gasteiger partial charge on any atom is 0.232 e. The fraction of sp³-hybridized carbons (Fsp3) is 0.481. The number of carbonyl (C=O) groups is 1. The standard InChI is InChI=1S/C25H33N3O3.C2H6/c1-6-8-9-22(28-13-18(4)26-16-28)12-24(31-7-2)23-11-21(10-17(3)19(23)5)27-25(29)20-14-30-15-20;1-2/h9-13,16,20H,6-8,14-15H2,1-5H3,(H,27,29);1-2H3/b22-9-,24-12+;. The summed E-state index contributed by atoms with van der Waals surface area (Å²) in [6.45, 7) is 15.8. The zero-order valence-electron chi connectivity index (χ0n) is 21.2. The summed E-state index contributed by atoms with van der Waals surface area (Å²) >= 11 is 0. The molecule has 3 rings (SSSR count). The molecule has 6 nitrogen and oxygen atoms in total. The summed E-state index contributed by atoms with van der Waals surface area (Å²) in [5.74, 6) is 0.708. The van der Waals surface area contributed by atoms with Gasteiger partial charge in [0.05, 0.1) is 37.8 Å². The molecule has 0 aliphatic carbocycles. The van der Waals surface area contributed by atoms with E-state index in [1.54, 1.807) is 0 Å². The smallest absolute Gasteiger partial charge is 0.232 e. The Morgan fingerprint density at radius 2 is 1.97 bits per heavy atom. The molecular weight excluding hydrogens is 414 g/mol. The van der Waals surface area contributed by atoms with Crippen molar-refractivity contribution in [2.45, 2.75) is 61.3 Å². The minimum absolute atomic E-state index is 0.000172. The molecular formula is C27H39N3O3. The molecule has 1 aliphatic rings. The largest absolute Gasteiger partial charge is 0.493 e. The number of rotatable bonds is 9. The maximum atomic E-state index is 12.4. The number of amides is 1. The highest BCUT2D eigenvalue weighted by molar-refractivity contribution is 5.94. The van der Waals surface area contributed by atoms with E-state index in [9.17, 15) is 4.79 Å². The Labute approximate surface area is 198 Å². The Hall–Kier alpha value is -2.86. The van der Waals surface area contributed by atoms with Gasteiger partial charge in [-0.25, -0.2) is 4.98 Å². The molecule has 0 spiro atoms. The summed E-state index contributed by atoms with van der Waals surface area (Å²) in [5, 5.41) is 3.04. The van der Waals surface area contributed by atoms with Crippen LogP contribution in [0.15, 0.2) is 36.8 Å². The van der Waals surface area contributed by atoms with Crippen LogP contribution in [0.3, 0.4) is 0 Å². The third kappa shape index (κ3) is 7.06. The molecule has 1 aromatic heterocycles. The van der Waals surface area contributed by atoms with E-state index in [1.165, 1.54) is 0 Å². The van der Waals surface area contributed by atoms with E-state index in [1.807, 2.05) is 56.9 Å². The van der Waals surface area contributed by atoms with E-state index in [2.05, 4.69) is 43.2 Å². The highest BCUT2D eigenvalue weighted by atomic mass is 16.5. The van der Waals surface area contributed by atoms with Crippen molar-refractivity contribution < 1.29 is 14.3 Å². The molecule has 1 saturated heterocycles. The first-order valence-electron chi connectivity index (χ1n) is 12.0. The molecule has 33 heavy (non-hydrogen) atoms. The number of allylic oxidation sites excluding steroid dienone is 3. The lowest BCUT2D eigenvalue weighted by molar-refractivity contribution is -0.133. The molecule has 2 heterocycles. The van der Waals surface area contributed by atoms with Gasteiger partial charge in [-0.2, -0.15) is 0 Å². The van der Waals surface area contributed by atoms with Gasteiger partial charge >= 0.3 is 0 Å². The number of carbonyl (C=O) groups excluding carboxylic acids is 1. The number of nitrogens with one attached hydrogen (secondary N) is 1. The highest BCUT2D eigenvalue weighted by Crippen LogP contribution is 2.29. The van der Waals surface area contributed by atoms with Crippen LogP contribution >= 0.6 is 0 Å². The average Bonchev–Trinajstić information content (AvgIpc) is 3.19. The van der Waals surface area contributed by atoms with Crippen molar-refractivity contribution in [3.05, 3.63) is 59.2 Å². The van der Waals surface area contributed by atoms with Gasteiger partial charge in [-0.05, 0) is 57.4 Å². The van der Waals surface area contributed by atoms with Gasteiger partial charge in [0.15, 0.2) is 0 Å². The lowest BCUT2D eigenvalue weighted by Gasteiger charge is -2.25. The van der Waals surface area contributed by atoms with E-state index in [-0.39, 0.29) is 11.8 Å². The molecule has 2 aromatic rings. The molecule has 1 aromatic carbocycles. The second-order valence-corrected chi connectivity index (χ2v) is 7.97. The minimum Gasteiger partial charge on any atom is -0.493 e. The first kappa shape index (κ1) is 26.4. The van der Waals surface area contributed by atoms with Crippen molar-refractivity contribution in [1.82, 2.24) is 9.55 Å². The van der Waals surface area contributed by atoms with Gasteiger partial charge in [0.25, 0.3) is 0 Å². The topological polar surface area (TPSA) is 65.4 Å². The van der Waals surface area contributed by atoms with Crippen LogP contribution in [0, 0.1) is 26.7 Å². The van der Waals surface area contributed by atoms with Gasteiger partial charge in [0, 0.05) is 29.2 Å². The Bertz CT molecular complexity index is 984. The van der Waals surface area contributed by atoms with Crippen molar-refractivity contribution in [3.63, 3.8) is 0 Å². The van der Waals surface area contributed by atoms with Crippen LogP contribution in [0.25, 0.3) is 11.5 Å². The predicted molar refractivity (Wildman–Crippen MR) is 136 cm³/mol. The number of unbranched alkanes of at least 4 members (excludes halogenated alkanes) is 1. The van der Waals surface area contributed by atoms with Crippen LogP contribution in [-0.4, -0.2) is 35.3 Å². The fourth-order valence-electron chi connectivity index (χ4n) is 3.40. The molecule has 1 amide bonds. The summed E-state index contributed by atoms with van der Waals surface area (Å²) in [6, 6.07) is 4.00. The van der Waals surface area contributed by atoms with Crippen LogP contribution in [0.2, 0.25) is 0 Å². The normalized spacial score (nSPS) is 14.3. The number of anilines is 1. The Morgan fingerprint density at radius 3 is 2.52 bits per heavy atom. The Kier molecular flexibility index (Phi) is 10.4. The maximum absolute atomic E-state index is 12.4. The average molecular weight is 454 g/mol. The van der Waals surface area contributed by atoms with Gasteiger partial charge < -0.3 is 19.4 Å².